The molecule has 1 atom stereocenters. The van der Waals surface area contributed by atoms with Crippen molar-refractivity contribution in [3.05, 3.63) is 0 Å². The Bertz CT molecular complexity index is 413. The Labute approximate surface area is 101 Å². The number of sulfonamides is 1. The van der Waals surface area contributed by atoms with Gasteiger partial charge in [0, 0.05) is 19.5 Å². The van der Waals surface area contributed by atoms with Gasteiger partial charge in [-0.05, 0) is 19.3 Å². The first-order valence-electron chi connectivity index (χ1n) is 5.55. The van der Waals surface area contributed by atoms with Gasteiger partial charge in [0.15, 0.2) is 0 Å². The zero-order chi connectivity index (χ0) is 12.9. The Morgan fingerprint density at radius 1 is 1.53 bits per heavy atom. The quantitative estimate of drug-likeness (QED) is 0.722. The molecule has 0 bridgehead atoms. The molecule has 6 nitrogen and oxygen atoms in total. The lowest BCUT2D eigenvalue weighted by Gasteiger charge is -2.29. The molecule has 0 aromatic carbocycles. The standard InChI is InChI=1S/C10H16N2O4S/c11-5-1-2-7-17(15,16)12-6-3-4-9(8-12)10(13)14/h9H,1-4,6-8H2,(H,13,14). The Morgan fingerprint density at radius 2 is 2.24 bits per heavy atom. The predicted octanol–water partition coefficient (Wildman–Crippen LogP) is 0.417. The average molecular weight is 260 g/mol. The lowest BCUT2D eigenvalue weighted by atomic mass is 10.0. The van der Waals surface area contributed by atoms with E-state index in [1.165, 1.54) is 4.31 Å². The van der Waals surface area contributed by atoms with E-state index in [1.807, 2.05) is 6.07 Å². The molecule has 0 saturated carbocycles. The van der Waals surface area contributed by atoms with Crippen molar-refractivity contribution in [1.29, 1.82) is 5.26 Å². The fourth-order valence-electron chi connectivity index (χ4n) is 1.86. The second-order valence-corrected chi connectivity index (χ2v) is 6.20. The Morgan fingerprint density at radius 3 is 2.82 bits per heavy atom. The topological polar surface area (TPSA) is 98.5 Å². The second-order valence-electron chi connectivity index (χ2n) is 4.11. The smallest absolute Gasteiger partial charge is 0.307 e. The van der Waals surface area contributed by atoms with Gasteiger partial charge in [-0.15, -0.1) is 0 Å². The Kier molecular flexibility index (Phi) is 4.90. The summed E-state index contributed by atoms with van der Waals surface area (Å²) >= 11 is 0. The SMILES string of the molecule is N#CCCCS(=O)(=O)N1CCCC(C(=O)O)C1. The zero-order valence-corrected chi connectivity index (χ0v) is 10.3. The van der Waals surface area contributed by atoms with Gasteiger partial charge in [0.1, 0.15) is 0 Å². The lowest BCUT2D eigenvalue weighted by Crippen LogP contribution is -2.43. The van der Waals surface area contributed by atoms with Crippen LogP contribution in [0.2, 0.25) is 0 Å². The molecular weight excluding hydrogens is 244 g/mol. The maximum absolute atomic E-state index is 11.9. The Hall–Kier alpha value is -1.13. The van der Waals surface area contributed by atoms with Crippen molar-refractivity contribution in [2.24, 2.45) is 5.92 Å². The summed E-state index contributed by atoms with van der Waals surface area (Å²) < 4.78 is 24.9. The van der Waals surface area contributed by atoms with Crippen molar-refractivity contribution in [1.82, 2.24) is 4.31 Å². The van der Waals surface area contributed by atoms with E-state index >= 15 is 0 Å². The summed E-state index contributed by atoms with van der Waals surface area (Å²) in [5.74, 6) is -1.62. The van der Waals surface area contributed by atoms with Crippen LogP contribution in [0.15, 0.2) is 0 Å². The number of carbonyl (C=O) groups is 1. The number of unbranched alkanes of at least 4 members (excludes halogenated alkanes) is 1. The summed E-state index contributed by atoms with van der Waals surface area (Å²) in [5.41, 5.74) is 0. The number of piperidine rings is 1. The summed E-state index contributed by atoms with van der Waals surface area (Å²) in [6, 6.07) is 1.89. The second kappa shape index (κ2) is 5.98. The van der Waals surface area contributed by atoms with Gasteiger partial charge < -0.3 is 5.11 Å². The van der Waals surface area contributed by atoms with Crippen molar-refractivity contribution >= 4 is 16.0 Å². The molecule has 0 radical (unpaired) electrons. The third kappa shape index (κ3) is 3.98. The number of carboxylic acids is 1. The monoisotopic (exact) mass is 260 g/mol. The van der Waals surface area contributed by atoms with Crippen molar-refractivity contribution in [2.75, 3.05) is 18.8 Å². The van der Waals surface area contributed by atoms with Crippen LogP contribution >= 0.6 is 0 Å². The van der Waals surface area contributed by atoms with Crippen molar-refractivity contribution in [2.45, 2.75) is 25.7 Å². The molecule has 1 rings (SSSR count). The lowest BCUT2D eigenvalue weighted by molar-refractivity contribution is -0.142. The first-order valence-corrected chi connectivity index (χ1v) is 7.16. The number of nitrogens with zero attached hydrogens (tertiary/aromatic N) is 2. The number of aliphatic carboxylic acids is 1. The van der Waals surface area contributed by atoms with E-state index in [9.17, 15) is 13.2 Å². The largest absolute Gasteiger partial charge is 0.481 e. The first-order chi connectivity index (χ1) is 7.97. The van der Waals surface area contributed by atoms with Gasteiger partial charge in [-0.25, -0.2) is 12.7 Å². The highest BCUT2D eigenvalue weighted by molar-refractivity contribution is 7.89. The highest BCUT2D eigenvalue weighted by atomic mass is 32.2. The van der Waals surface area contributed by atoms with E-state index in [0.29, 0.717) is 25.8 Å². The minimum atomic E-state index is -3.40. The molecular formula is C10H16N2O4S. The van der Waals surface area contributed by atoms with E-state index in [-0.39, 0.29) is 18.7 Å². The molecule has 1 aliphatic rings. The average Bonchev–Trinajstić information content (AvgIpc) is 2.29. The van der Waals surface area contributed by atoms with Crippen molar-refractivity contribution < 1.29 is 18.3 Å². The molecule has 1 unspecified atom stereocenters. The third-order valence-electron chi connectivity index (χ3n) is 2.82. The molecule has 0 spiro atoms. The minimum absolute atomic E-state index is 0.0597. The number of carboxylic acid groups (broad SMARTS) is 1. The molecule has 0 aliphatic carbocycles. The summed E-state index contributed by atoms with van der Waals surface area (Å²) in [5, 5.41) is 17.2. The van der Waals surface area contributed by atoms with Gasteiger partial charge in [0.2, 0.25) is 10.0 Å². The highest BCUT2D eigenvalue weighted by Crippen LogP contribution is 2.20. The fraction of sp³-hybridized carbons (Fsp3) is 0.800. The van der Waals surface area contributed by atoms with Gasteiger partial charge in [-0.2, -0.15) is 5.26 Å². The van der Waals surface area contributed by atoms with Crippen LogP contribution in [0.3, 0.4) is 0 Å². The third-order valence-corrected chi connectivity index (χ3v) is 4.74. The first kappa shape index (κ1) is 13.9. The molecule has 0 amide bonds. The molecule has 96 valence electrons. The number of hydrogen-bond donors (Lipinski definition) is 1. The molecule has 17 heavy (non-hydrogen) atoms. The molecule has 1 fully saturated rings. The normalized spacial score (nSPS) is 21.9. The fourth-order valence-corrected chi connectivity index (χ4v) is 3.44. The molecule has 0 aromatic rings. The number of nitriles is 1. The van der Waals surface area contributed by atoms with E-state index in [2.05, 4.69) is 0 Å². The van der Waals surface area contributed by atoms with Gasteiger partial charge in [-0.3, -0.25) is 4.79 Å². The van der Waals surface area contributed by atoms with Gasteiger partial charge in [-0.1, -0.05) is 0 Å². The van der Waals surface area contributed by atoms with E-state index < -0.39 is 21.9 Å². The van der Waals surface area contributed by atoms with Gasteiger partial charge in [0.25, 0.3) is 0 Å². The van der Waals surface area contributed by atoms with Crippen LogP contribution in [0.25, 0.3) is 0 Å². The summed E-state index contributed by atoms with van der Waals surface area (Å²) in [4.78, 5) is 10.8. The maximum Gasteiger partial charge on any atom is 0.307 e. The van der Waals surface area contributed by atoms with Crippen LogP contribution in [-0.4, -0.2) is 42.6 Å². The van der Waals surface area contributed by atoms with E-state index in [4.69, 9.17) is 10.4 Å². The van der Waals surface area contributed by atoms with Crippen molar-refractivity contribution in [3.63, 3.8) is 0 Å². The zero-order valence-electron chi connectivity index (χ0n) is 9.50. The summed E-state index contributed by atoms with van der Waals surface area (Å²) in [6.07, 6.45) is 1.61. The molecule has 1 heterocycles. The van der Waals surface area contributed by atoms with Crippen LogP contribution in [0.4, 0.5) is 0 Å². The number of rotatable bonds is 5. The van der Waals surface area contributed by atoms with Gasteiger partial charge >= 0.3 is 5.97 Å². The number of hydrogen-bond acceptors (Lipinski definition) is 4. The van der Waals surface area contributed by atoms with Crippen LogP contribution in [0, 0.1) is 17.2 Å². The van der Waals surface area contributed by atoms with E-state index in [1.54, 1.807) is 0 Å². The van der Waals surface area contributed by atoms with Crippen LogP contribution < -0.4 is 0 Å². The van der Waals surface area contributed by atoms with Crippen LogP contribution in [-0.2, 0) is 14.8 Å². The highest BCUT2D eigenvalue weighted by Gasteiger charge is 2.31. The molecule has 1 aliphatic heterocycles. The van der Waals surface area contributed by atoms with Crippen LogP contribution in [0.5, 0.6) is 0 Å². The summed E-state index contributed by atoms with van der Waals surface area (Å²) in [7, 11) is -3.40. The molecule has 7 heteroatoms. The van der Waals surface area contributed by atoms with Gasteiger partial charge in [0.05, 0.1) is 17.7 Å². The summed E-state index contributed by atoms with van der Waals surface area (Å²) in [6.45, 7) is 0.447. The molecule has 0 aromatic heterocycles. The van der Waals surface area contributed by atoms with Crippen molar-refractivity contribution in [3.8, 4) is 6.07 Å². The maximum atomic E-state index is 11.9. The van der Waals surface area contributed by atoms with Crippen LogP contribution in [0.1, 0.15) is 25.7 Å². The molecule has 1 saturated heterocycles. The Balaban J connectivity index is 2.59. The molecule has 1 N–H and O–H groups in total. The predicted molar refractivity (Wildman–Crippen MR) is 60.6 cm³/mol. The van der Waals surface area contributed by atoms with E-state index in [0.717, 1.165) is 0 Å². The minimum Gasteiger partial charge on any atom is -0.481 e.